The quantitative estimate of drug-likeness (QED) is 0.709. The number of rotatable bonds is 1. The van der Waals surface area contributed by atoms with Gasteiger partial charge in [-0.15, -0.1) is 10.2 Å². The summed E-state index contributed by atoms with van der Waals surface area (Å²) in [6, 6.07) is 0.584. The summed E-state index contributed by atoms with van der Waals surface area (Å²) in [6.45, 7) is 9.03. The minimum Gasteiger partial charge on any atom is -0.312 e. The third-order valence-corrected chi connectivity index (χ3v) is 2.99. The van der Waals surface area contributed by atoms with Crippen LogP contribution in [0.15, 0.2) is 0 Å². The lowest BCUT2D eigenvalue weighted by atomic mass is 9.91. The molecule has 1 aromatic heterocycles. The van der Waals surface area contributed by atoms with Gasteiger partial charge < -0.3 is 4.57 Å². The van der Waals surface area contributed by atoms with Gasteiger partial charge in [0.2, 0.25) is 0 Å². The standard InChI is InChI=1S/C12H21N3/c1-9-6-5-7-10-13-14-11(15(9)10)8-12(2,3)4/h9H,5-8H2,1-4H3. The molecule has 1 atom stereocenters. The van der Waals surface area contributed by atoms with Gasteiger partial charge >= 0.3 is 0 Å². The summed E-state index contributed by atoms with van der Waals surface area (Å²) in [6.07, 6.45) is 4.64. The molecule has 1 aliphatic heterocycles. The second-order valence-corrected chi connectivity index (χ2v) is 5.88. The van der Waals surface area contributed by atoms with Crippen molar-refractivity contribution in [2.45, 2.75) is 59.4 Å². The highest BCUT2D eigenvalue weighted by Gasteiger charge is 2.24. The SMILES string of the molecule is CC1CCCc2nnc(CC(C)(C)C)n21. The van der Waals surface area contributed by atoms with Crippen LogP contribution in [0.1, 0.15) is 58.2 Å². The molecule has 0 fully saturated rings. The molecule has 1 unspecified atom stereocenters. The van der Waals surface area contributed by atoms with Crippen molar-refractivity contribution in [3.05, 3.63) is 11.6 Å². The van der Waals surface area contributed by atoms with Gasteiger partial charge in [-0.05, 0) is 25.2 Å². The Morgan fingerprint density at radius 1 is 1.33 bits per heavy atom. The molecule has 3 nitrogen and oxygen atoms in total. The van der Waals surface area contributed by atoms with E-state index >= 15 is 0 Å². The largest absolute Gasteiger partial charge is 0.312 e. The smallest absolute Gasteiger partial charge is 0.133 e. The Kier molecular flexibility index (Phi) is 2.57. The zero-order valence-electron chi connectivity index (χ0n) is 10.2. The summed E-state index contributed by atoms with van der Waals surface area (Å²) < 4.78 is 2.36. The molecule has 2 rings (SSSR count). The van der Waals surface area contributed by atoms with E-state index in [0.717, 1.165) is 12.8 Å². The van der Waals surface area contributed by atoms with Crippen molar-refractivity contribution in [1.82, 2.24) is 14.8 Å². The van der Waals surface area contributed by atoms with E-state index in [1.54, 1.807) is 0 Å². The Bertz CT molecular complexity index is 346. The average molecular weight is 207 g/mol. The van der Waals surface area contributed by atoms with Crippen LogP contribution in [0.3, 0.4) is 0 Å². The number of fused-ring (bicyclic) bond motifs is 1. The Morgan fingerprint density at radius 3 is 2.73 bits per heavy atom. The summed E-state index contributed by atoms with van der Waals surface area (Å²) in [7, 11) is 0. The van der Waals surface area contributed by atoms with Crippen LogP contribution in [0.4, 0.5) is 0 Å². The molecule has 0 N–H and O–H groups in total. The van der Waals surface area contributed by atoms with E-state index in [1.165, 1.54) is 24.5 Å². The van der Waals surface area contributed by atoms with E-state index in [-0.39, 0.29) is 0 Å². The van der Waals surface area contributed by atoms with Crippen molar-refractivity contribution < 1.29 is 0 Å². The molecule has 84 valence electrons. The van der Waals surface area contributed by atoms with Crippen LogP contribution in [0, 0.1) is 5.41 Å². The lowest BCUT2D eigenvalue weighted by molar-refractivity contribution is 0.362. The number of nitrogens with zero attached hydrogens (tertiary/aromatic N) is 3. The van der Waals surface area contributed by atoms with E-state index in [1.807, 2.05) is 0 Å². The molecule has 0 aliphatic carbocycles. The molecule has 15 heavy (non-hydrogen) atoms. The predicted molar refractivity (Wildman–Crippen MR) is 60.8 cm³/mol. The molecule has 0 bridgehead atoms. The van der Waals surface area contributed by atoms with Gasteiger partial charge in [-0.25, -0.2) is 0 Å². The van der Waals surface area contributed by atoms with Crippen LogP contribution >= 0.6 is 0 Å². The first-order valence-corrected chi connectivity index (χ1v) is 5.90. The maximum Gasteiger partial charge on any atom is 0.133 e. The maximum atomic E-state index is 4.35. The predicted octanol–water partition coefficient (Wildman–Crippen LogP) is 2.76. The Hall–Kier alpha value is -0.860. The van der Waals surface area contributed by atoms with Gasteiger partial charge in [-0.1, -0.05) is 20.8 Å². The topological polar surface area (TPSA) is 30.7 Å². The summed E-state index contributed by atoms with van der Waals surface area (Å²) >= 11 is 0. The van der Waals surface area contributed by atoms with Crippen LogP contribution in [-0.2, 0) is 12.8 Å². The molecule has 3 heteroatoms. The molecule has 0 aromatic carbocycles. The zero-order chi connectivity index (χ0) is 11.1. The fraction of sp³-hybridized carbons (Fsp3) is 0.833. The minimum atomic E-state index is 0.293. The van der Waals surface area contributed by atoms with Crippen LogP contribution in [0.25, 0.3) is 0 Å². The first kappa shape index (κ1) is 10.7. The van der Waals surface area contributed by atoms with Crippen LogP contribution < -0.4 is 0 Å². The summed E-state index contributed by atoms with van der Waals surface area (Å²) in [5.74, 6) is 2.36. The third kappa shape index (κ3) is 2.21. The highest BCUT2D eigenvalue weighted by molar-refractivity contribution is 5.03. The van der Waals surface area contributed by atoms with Crippen molar-refractivity contribution >= 4 is 0 Å². The molecule has 0 radical (unpaired) electrons. The molecule has 1 aromatic rings. The van der Waals surface area contributed by atoms with Gasteiger partial charge in [0, 0.05) is 18.9 Å². The molecule has 1 aliphatic rings. The molecular weight excluding hydrogens is 186 g/mol. The number of hydrogen-bond donors (Lipinski definition) is 0. The highest BCUT2D eigenvalue weighted by Crippen LogP contribution is 2.27. The van der Waals surface area contributed by atoms with Gasteiger partial charge in [0.15, 0.2) is 0 Å². The third-order valence-electron chi connectivity index (χ3n) is 2.99. The molecule has 2 heterocycles. The van der Waals surface area contributed by atoms with Gasteiger partial charge in [0.05, 0.1) is 0 Å². The van der Waals surface area contributed by atoms with Gasteiger partial charge in [0.25, 0.3) is 0 Å². The lowest BCUT2D eigenvalue weighted by Gasteiger charge is -2.25. The fourth-order valence-electron chi connectivity index (χ4n) is 2.32. The summed E-state index contributed by atoms with van der Waals surface area (Å²) in [5, 5.41) is 8.65. The van der Waals surface area contributed by atoms with Gasteiger partial charge in [-0.3, -0.25) is 0 Å². The Labute approximate surface area is 91.9 Å². The van der Waals surface area contributed by atoms with Gasteiger partial charge in [0.1, 0.15) is 11.6 Å². The van der Waals surface area contributed by atoms with Gasteiger partial charge in [-0.2, -0.15) is 0 Å². The molecule has 0 spiro atoms. The monoisotopic (exact) mass is 207 g/mol. The summed E-state index contributed by atoms with van der Waals surface area (Å²) in [5.41, 5.74) is 0.293. The number of aryl methyl sites for hydroxylation is 1. The maximum absolute atomic E-state index is 4.35. The fourth-order valence-corrected chi connectivity index (χ4v) is 2.32. The summed E-state index contributed by atoms with van der Waals surface area (Å²) in [4.78, 5) is 0. The molecular formula is C12H21N3. The molecule has 0 saturated heterocycles. The average Bonchev–Trinajstić information content (AvgIpc) is 2.47. The highest BCUT2D eigenvalue weighted by atomic mass is 15.3. The second-order valence-electron chi connectivity index (χ2n) is 5.88. The zero-order valence-corrected chi connectivity index (χ0v) is 10.2. The van der Waals surface area contributed by atoms with E-state index in [2.05, 4.69) is 42.5 Å². The lowest BCUT2D eigenvalue weighted by Crippen LogP contribution is -2.21. The van der Waals surface area contributed by atoms with Crippen molar-refractivity contribution in [2.75, 3.05) is 0 Å². The first-order chi connectivity index (χ1) is 6.97. The first-order valence-electron chi connectivity index (χ1n) is 5.90. The molecule has 0 saturated carbocycles. The Morgan fingerprint density at radius 2 is 2.07 bits per heavy atom. The van der Waals surface area contributed by atoms with E-state index in [9.17, 15) is 0 Å². The normalized spacial score (nSPS) is 21.5. The van der Waals surface area contributed by atoms with E-state index in [0.29, 0.717) is 11.5 Å². The van der Waals surface area contributed by atoms with Crippen LogP contribution in [-0.4, -0.2) is 14.8 Å². The van der Waals surface area contributed by atoms with Crippen molar-refractivity contribution in [3.8, 4) is 0 Å². The minimum absolute atomic E-state index is 0.293. The van der Waals surface area contributed by atoms with E-state index in [4.69, 9.17) is 0 Å². The second kappa shape index (κ2) is 3.62. The number of hydrogen-bond acceptors (Lipinski definition) is 2. The number of aromatic nitrogens is 3. The van der Waals surface area contributed by atoms with Crippen LogP contribution in [0.2, 0.25) is 0 Å². The molecule has 0 amide bonds. The van der Waals surface area contributed by atoms with Crippen molar-refractivity contribution in [1.29, 1.82) is 0 Å². The van der Waals surface area contributed by atoms with Crippen molar-refractivity contribution in [3.63, 3.8) is 0 Å². The Balaban J connectivity index is 2.30. The van der Waals surface area contributed by atoms with Crippen molar-refractivity contribution in [2.24, 2.45) is 5.41 Å². The van der Waals surface area contributed by atoms with Crippen LogP contribution in [0.5, 0.6) is 0 Å². The van der Waals surface area contributed by atoms with E-state index < -0.39 is 0 Å².